The Morgan fingerprint density at radius 2 is 2.30 bits per heavy atom. The van der Waals surface area contributed by atoms with Gasteiger partial charge in [-0.3, -0.25) is 0 Å². The van der Waals surface area contributed by atoms with Crippen LogP contribution in [0.4, 0.5) is 8.78 Å². The summed E-state index contributed by atoms with van der Waals surface area (Å²) in [6.45, 7) is 0. The van der Waals surface area contributed by atoms with Gasteiger partial charge in [-0.15, -0.1) is 0 Å². The van der Waals surface area contributed by atoms with Crippen molar-refractivity contribution in [2.24, 2.45) is 0 Å². The van der Waals surface area contributed by atoms with Gasteiger partial charge < -0.3 is 4.74 Å². The van der Waals surface area contributed by atoms with Gasteiger partial charge in [-0.05, 0) is 12.5 Å². The van der Waals surface area contributed by atoms with Gasteiger partial charge >= 0.3 is 0 Å². The maximum absolute atomic E-state index is 12.4. The number of halogens is 2. The lowest BCUT2D eigenvalue weighted by Gasteiger charge is -2.20. The second-order valence-corrected chi connectivity index (χ2v) is 2.43. The van der Waals surface area contributed by atoms with E-state index >= 15 is 0 Å². The van der Waals surface area contributed by atoms with E-state index in [1.165, 1.54) is 13.2 Å². The minimum atomic E-state index is -2.60. The van der Waals surface area contributed by atoms with Gasteiger partial charge in [-0.2, -0.15) is 0 Å². The van der Waals surface area contributed by atoms with Crippen molar-refractivity contribution >= 4 is 0 Å². The van der Waals surface area contributed by atoms with Crippen molar-refractivity contribution in [2.75, 3.05) is 7.11 Å². The molecule has 0 saturated heterocycles. The topological polar surface area (TPSA) is 9.23 Å². The third-order valence-corrected chi connectivity index (χ3v) is 1.62. The minimum absolute atomic E-state index is 0.0952. The van der Waals surface area contributed by atoms with Crippen LogP contribution < -0.4 is 0 Å². The van der Waals surface area contributed by atoms with E-state index in [0.717, 1.165) is 6.08 Å². The van der Waals surface area contributed by atoms with E-state index in [0.29, 0.717) is 6.42 Å². The standard InChI is InChI=1S/C7H10F2O/c1-10-6-2-4-7(8,9)5-3-6/h2,4,6H,3,5H2,1H3. The molecule has 1 aliphatic carbocycles. The zero-order chi connectivity index (χ0) is 7.61. The maximum atomic E-state index is 12.4. The van der Waals surface area contributed by atoms with Crippen LogP contribution in [0.2, 0.25) is 0 Å². The third kappa shape index (κ3) is 1.77. The van der Waals surface area contributed by atoms with Gasteiger partial charge in [0.2, 0.25) is 0 Å². The Balaban J connectivity index is 2.52. The van der Waals surface area contributed by atoms with Gasteiger partial charge in [0.1, 0.15) is 0 Å². The molecule has 1 unspecified atom stereocenters. The molecule has 0 heterocycles. The number of hydrogen-bond acceptors (Lipinski definition) is 1. The number of methoxy groups -OCH3 is 1. The van der Waals surface area contributed by atoms with E-state index in [4.69, 9.17) is 4.74 Å². The van der Waals surface area contributed by atoms with Crippen LogP contribution in [-0.4, -0.2) is 19.1 Å². The summed E-state index contributed by atoms with van der Waals surface area (Å²) in [5.74, 6) is -2.60. The van der Waals surface area contributed by atoms with Gasteiger partial charge in [-0.25, -0.2) is 8.78 Å². The lowest BCUT2D eigenvalue weighted by molar-refractivity contribution is 0.0127. The molecule has 0 bridgehead atoms. The Kier molecular flexibility index (Phi) is 2.04. The van der Waals surface area contributed by atoms with Crippen molar-refractivity contribution in [3.8, 4) is 0 Å². The molecule has 10 heavy (non-hydrogen) atoms. The molecule has 1 aliphatic rings. The molecule has 0 radical (unpaired) electrons. The Hall–Kier alpha value is -0.440. The number of alkyl halides is 2. The largest absolute Gasteiger partial charge is 0.377 e. The molecule has 0 amide bonds. The van der Waals surface area contributed by atoms with E-state index in [1.807, 2.05) is 0 Å². The Morgan fingerprint density at radius 3 is 2.70 bits per heavy atom. The van der Waals surface area contributed by atoms with Crippen LogP contribution in [0.5, 0.6) is 0 Å². The lowest BCUT2D eigenvalue weighted by atomic mass is 10.0. The van der Waals surface area contributed by atoms with Gasteiger partial charge in [0.15, 0.2) is 0 Å². The summed E-state index contributed by atoms with van der Waals surface area (Å²) < 4.78 is 29.6. The first kappa shape index (κ1) is 7.66. The van der Waals surface area contributed by atoms with Gasteiger partial charge in [0, 0.05) is 13.5 Å². The lowest BCUT2D eigenvalue weighted by Crippen LogP contribution is -2.22. The van der Waals surface area contributed by atoms with Crippen molar-refractivity contribution in [2.45, 2.75) is 24.9 Å². The first-order valence-corrected chi connectivity index (χ1v) is 3.24. The minimum Gasteiger partial charge on any atom is -0.377 e. The molecule has 58 valence electrons. The molecular weight excluding hydrogens is 138 g/mol. The average Bonchev–Trinajstić information content (AvgIpc) is 1.88. The number of allylic oxidation sites excluding steroid dienone is 1. The predicted molar refractivity (Wildman–Crippen MR) is 34.1 cm³/mol. The van der Waals surface area contributed by atoms with Crippen molar-refractivity contribution in [1.29, 1.82) is 0 Å². The van der Waals surface area contributed by atoms with Crippen molar-refractivity contribution in [1.82, 2.24) is 0 Å². The molecule has 0 aliphatic heterocycles. The fraction of sp³-hybridized carbons (Fsp3) is 0.714. The second-order valence-electron chi connectivity index (χ2n) is 2.43. The summed E-state index contributed by atoms with van der Waals surface area (Å²) >= 11 is 0. The fourth-order valence-electron chi connectivity index (χ4n) is 0.959. The number of rotatable bonds is 1. The highest BCUT2D eigenvalue weighted by Crippen LogP contribution is 2.28. The molecule has 1 nitrogen and oxygen atoms in total. The van der Waals surface area contributed by atoms with E-state index in [1.54, 1.807) is 0 Å². The molecule has 0 fully saturated rings. The zero-order valence-electron chi connectivity index (χ0n) is 5.81. The quantitative estimate of drug-likeness (QED) is 0.517. The van der Waals surface area contributed by atoms with E-state index in [-0.39, 0.29) is 12.5 Å². The SMILES string of the molecule is COC1C=CC(F)(F)CC1. The van der Waals surface area contributed by atoms with Crippen molar-refractivity contribution < 1.29 is 13.5 Å². The fourth-order valence-corrected chi connectivity index (χ4v) is 0.959. The second kappa shape index (κ2) is 2.66. The molecule has 0 saturated carbocycles. The van der Waals surface area contributed by atoms with Crippen LogP contribution in [0.25, 0.3) is 0 Å². The normalized spacial score (nSPS) is 30.5. The molecule has 1 rings (SSSR count). The van der Waals surface area contributed by atoms with Crippen molar-refractivity contribution in [3.63, 3.8) is 0 Å². The molecule has 0 aromatic rings. The summed E-state index contributed by atoms with van der Waals surface area (Å²) in [6.07, 6.45) is 2.55. The average molecular weight is 148 g/mol. The van der Waals surface area contributed by atoms with Gasteiger partial charge in [0.05, 0.1) is 6.10 Å². The Bertz CT molecular complexity index is 143. The number of ether oxygens (including phenoxy) is 1. The van der Waals surface area contributed by atoms with Crippen LogP contribution in [0, 0.1) is 0 Å². The van der Waals surface area contributed by atoms with Crippen LogP contribution in [0.1, 0.15) is 12.8 Å². The molecular formula is C7H10F2O. The summed E-state index contributed by atoms with van der Waals surface area (Å²) in [7, 11) is 1.53. The monoisotopic (exact) mass is 148 g/mol. The molecule has 0 N–H and O–H groups in total. The molecule has 0 spiro atoms. The van der Waals surface area contributed by atoms with Crippen LogP contribution in [-0.2, 0) is 4.74 Å². The summed E-state index contributed by atoms with van der Waals surface area (Å²) in [5.41, 5.74) is 0. The first-order valence-electron chi connectivity index (χ1n) is 3.24. The van der Waals surface area contributed by atoms with Crippen LogP contribution >= 0.6 is 0 Å². The third-order valence-electron chi connectivity index (χ3n) is 1.62. The van der Waals surface area contributed by atoms with Gasteiger partial charge in [-0.1, -0.05) is 6.08 Å². The smallest absolute Gasteiger partial charge is 0.266 e. The van der Waals surface area contributed by atoms with E-state index in [9.17, 15) is 8.78 Å². The molecule has 0 aromatic heterocycles. The van der Waals surface area contributed by atoms with Crippen LogP contribution in [0.3, 0.4) is 0 Å². The van der Waals surface area contributed by atoms with E-state index in [2.05, 4.69) is 0 Å². The highest BCUT2D eigenvalue weighted by atomic mass is 19.3. The van der Waals surface area contributed by atoms with E-state index < -0.39 is 5.92 Å². The van der Waals surface area contributed by atoms with Crippen LogP contribution in [0.15, 0.2) is 12.2 Å². The predicted octanol–water partition coefficient (Wildman–Crippen LogP) is 1.99. The Labute approximate surface area is 58.7 Å². The number of hydrogen-bond donors (Lipinski definition) is 0. The van der Waals surface area contributed by atoms with Gasteiger partial charge in [0.25, 0.3) is 5.92 Å². The molecule has 3 heteroatoms. The molecule has 0 aromatic carbocycles. The van der Waals surface area contributed by atoms with Crippen molar-refractivity contribution in [3.05, 3.63) is 12.2 Å². The summed E-state index contributed by atoms with van der Waals surface area (Å²) in [4.78, 5) is 0. The maximum Gasteiger partial charge on any atom is 0.266 e. The highest BCUT2D eigenvalue weighted by molar-refractivity contribution is 5.03. The highest BCUT2D eigenvalue weighted by Gasteiger charge is 2.29. The summed E-state index contributed by atoms with van der Waals surface area (Å²) in [5, 5.41) is 0. The Morgan fingerprint density at radius 1 is 1.60 bits per heavy atom. The first-order chi connectivity index (χ1) is 4.64. The summed E-state index contributed by atoms with van der Waals surface area (Å²) in [6, 6.07) is 0. The zero-order valence-corrected chi connectivity index (χ0v) is 5.81. The molecule has 1 atom stereocenters.